The number of amides is 1. The zero-order valence-corrected chi connectivity index (χ0v) is 17.1. The highest BCUT2D eigenvalue weighted by atomic mass is 32.2. The molecule has 0 aliphatic heterocycles. The number of aromatic amines is 2. The van der Waals surface area contributed by atoms with Gasteiger partial charge in [-0.15, -0.1) is 0 Å². The first-order valence-electron chi connectivity index (χ1n) is 8.77. The molecule has 3 N–H and O–H groups in total. The first-order chi connectivity index (χ1) is 14.5. The second-order valence-electron chi connectivity index (χ2n) is 6.10. The largest absolute Gasteiger partial charge is 0.366 e. The molecule has 9 nitrogen and oxygen atoms in total. The molecule has 0 radical (unpaired) electrons. The summed E-state index contributed by atoms with van der Waals surface area (Å²) in [5.74, 6) is -0.171. The van der Waals surface area contributed by atoms with E-state index in [9.17, 15) is 13.2 Å². The number of rotatable bonds is 7. The number of nitrogens with one attached hydrogen (secondary N) is 3. The van der Waals surface area contributed by atoms with Gasteiger partial charge in [0, 0.05) is 11.6 Å². The van der Waals surface area contributed by atoms with Gasteiger partial charge in [0.25, 0.3) is 0 Å². The molecule has 2 heterocycles. The lowest BCUT2D eigenvalue weighted by molar-refractivity contribution is -0.396. The molecule has 0 fully saturated rings. The molecule has 30 heavy (non-hydrogen) atoms. The summed E-state index contributed by atoms with van der Waals surface area (Å²) >= 11 is 1.33. The molecule has 0 saturated carbocycles. The Balaban J connectivity index is 1.35. The van der Waals surface area contributed by atoms with Crippen LogP contribution in [0.3, 0.4) is 0 Å². The van der Waals surface area contributed by atoms with Crippen molar-refractivity contribution in [2.75, 3.05) is 11.1 Å². The first kappa shape index (κ1) is 19.9. The van der Waals surface area contributed by atoms with Crippen molar-refractivity contribution in [3.05, 3.63) is 71.7 Å². The number of fused-ring (bicyclic) bond motifs is 1. The van der Waals surface area contributed by atoms with Gasteiger partial charge in [-0.1, -0.05) is 18.2 Å². The monoisotopic (exact) mass is 440 g/mol. The summed E-state index contributed by atoms with van der Waals surface area (Å²) in [6.07, 6.45) is 2.82. The van der Waals surface area contributed by atoms with Crippen molar-refractivity contribution >= 4 is 50.4 Å². The SMILES string of the molecule is O=C(CSc1[nH]c2ccccc2[nH+]1)Nc1ccc(S(=O)(=O)[N-]c2ncccn2)cc1. The summed E-state index contributed by atoms with van der Waals surface area (Å²) in [4.78, 5) is 26.2. The maximum Gasteiger partial charge on any atom is 0.315 e. The van der Waals surface area contributed by atoms with Gasteiger partial charge in [0.2, 0.25) is 15.9 Å². The summed E-state index contributed by atoms with van der Waals surface area (Å²) in [5, 5.41) is 3.51. The fourth-order valence-corrected chi connectivity index (χ4v) is 4.20. The van der Waals surface area contributed by atoms with Crippen molar-refractivity contribution in [1.29, 1.82) is 0 Å². The van der Waals surface area contributed by atoms with Crippen LogP contribution in [0.25, 0.3) is 15.8 Å². The molecule has 0 aliphatic rings. The van der Waals surface area contributed by atoms with Gasteiger partial charge in [0.1, 0.15) is 0 Å². The Labute approximate surface area is 176 Å². The van der Waals surface area contributed by atoms with E-state index in [4.69, 9.17) is 0 Å². The number of thioether (sulfide) groups is 1. The zero-order chi connectivity index (χ0) is 21.0. The predicted octanol–water partition coefficient (Wildman–Crippen LogP) is 2.90. The number of hydrogen-bond donors (Lipinski definition) is 2. The number of hydrogen-bond acceptors (Lipinski definition) is 6. The van der Waals surface area contributed by atoms with E-state index in [0.717, 1.165) is 16.2 Å². The van der Waals surface area contributed by atoms with Gasteiger partial charge in [-0.2, -0.15) is 0 Å². The van der Waals surface area contributed by atoms with Gasteiger partial charge in [0.15, 0.2) is 11.0 Å². The highest BCUT2D eigenvalue weighted by Gasteiger charge is 2.14. The molecule has 4 rings (SSSR count). The molecule has 0 aliphatic carbocycles. The van der Waals surface area contributed by atoms with Crippen LogP contribution in [-0.2, 0) is 14.8 Å². The Bertz CT molecular complexity index is 1240. The number of sulfonamides is 1. The topological polar surface area (TPSA) is 133 Å². The Hall–Kier alpha value is -3.44. The number of benzene rings is 2. The smallest absolute Gasteiger partial charge is 0.315 e. The van der Waals surface area contributed by atoms with E-state index in [2.05, 4.69) is 30.0 Å². The number of carbonyl (C=O) groups is 1. The standard InChI is InChI=1S/C19H16N6O3S2/c26-17(12-29-19-23-15-4-1-2-5-16(15)24-19)22-13-6-8-14(9-7-13)30(27,28)25-18-20-10-3-11-21-18/h1-11H,12H2,(H3,20,21,22,23,24,25,26). The minimum Gasteiger partial charge on any atom is -0.366 e. The number of para-hydroxylation sites is 2. The summed E-state index contributed by atoms with van der Waals surface area (Å²) in [6, 6.07) is 15.1. The molecular weight excluding hydrogens is 424 g/mol. The van der Waals surface area contributed by atoms with Crippen LogP contribution in [0.4, 0.5) is 11.6 Å². The molecule has 0 unspecified atom stereocenters. The van der Waals surface area contributed by atoms with Crippen LogP contribution in [0.1, 0.15) is 0 Å². The molecule has 0 bridgehead atoms. The average molecular weight is 441 g/mol. The number of imidazole rings is 1. The summed E-state index contributed by atoms with van der Waals surface area (Å²) in [6.45, 7) is 0. The minimum atomic E-state index is -3.94. The van der Waals surface area contributed by atoms with Crippen LogP contribution in [0.2, 0.25) is 0 Å². The van der Waals surface area contributed by atoms with Gasteiger partial charge in [-0.05, 0) is 60.6 Å². The lowest BCUT2D eigenvalue weighted by Crippen LogP contribution is -2.15. The Morgan fingerprint density at radius 3 is 2.53 bits per heavy atom. The highest BCUT2D eigenvalue weighted by Crippen LogP contribution is 2.25. The van der Waals surface area contributed by atoms with Gasteiger partial charge in [-0.3, -0.25) is 9.52 Å². The molecule has 152 valence electrons. The molecule has 4 aromatic rings. The minimum absolute atomic E-state index is 0.0185. The Morgan fingerprint density at radius 1 is 1.07 bits per heavy atom. The van der Waals surface area contributed by atoms with Crippen LogP contribution < -0.4 is 10.3 Å². The van der Waals surface area contributed by atoms with E-state index >= 15 is 0 Å². The fraction of sp³-hybridized carbons (Fsp3) is 0.0526. The molecule has 0 spiro atoms. The molecule has 2 aromatic heterocycles. The van der Waals surface area contributed by atoms with Crippen molar-refractivity contribution in [2.45, 2.75) is 10.1 Å². The van der Waals surface area contributed by atoms with Crippen molar-refractivity contribution in [3.8, 4) is 0 Å². The van der Waals surface area contributed by atoms with E-state index in [1.54, 1.807) is 6.07 Å². The van der Waals surface area contributed by atoms with E-state index < -0.39 is 10.0 Å². The number of aromatic nitrogens is 4. The molecule has 1 amide bonds. The van der Waals surface area contributed by atoms with Crippen molar-refractivity contribution in [2.24, 2.45) is 0 Å². The Kier molecular flexibility index (Phi) is 5.63. The molecule has 2 aromatic carbocycles. The summed E-state index contributed by atoms with van der Waals surface area (Å²) < 4.78 is 28.2. The van der Waals surface area contributed by atoms with E-state index in [0.29, 0.717) is 5.69 Å². The fourth-order valence-electron chi connectivity index (χ4n) is 2.59. The maximum atomic E-state index is 12.3. The number of carbonyl (C=O) groups excluding carboxylic acids is 1. The van der Waals surface area contributed by atoms with Crippen LogP contribution in [0.15, 0.2) is 77.0 Å². The lowest BCUT2D eigenvalue weighted by Gasteiger charge is -2.12. The molecule has 0 atom stereocenters. The van der Waals surface area contributed by atoms with E-state index in [1.165, 1.54) is 48.4 Å². The highest BCUT2D eigenvalue weighted by molar-refractivity contribution is 7.99. The lowest BCUT2D eigenvalue weighted by atomic mass is 10.3. The number of nitrogens with zero attached hydrogens (tertiary/aromatic N) is 3. The third kappa shape index (κ3) is 4.75. The van der Waals surface area contributed by atoms with Crippen LogP contribution in [0.5, 0.6) is 0 Å². The second-order valence-corrected chi connectivity index (χ2v) is 8.69. The number of anilines is 1. The molecule has 11 heteroatoms. The van der Waals surface area contributed by atoms with Gasteiger partial charge >= 0.3 is 5.16 Å². The van der Waals surface area contributed by atoms with E-state index in [1.807, 2.05) is 24.3 Å². The molecule has 0 saturated heterocycles. The maximum absolute atomic E-state index is 12.3. The Morgan fingerprint density at radius 2 is 1.80 bits per heavy atom. The first-order valence-corrected chi connectivity index (χ1v) is 11.2. The van der Waals surface area contributed by atoms with Gasteiger partial charge in [0.05, 0.1) is 10.6 Å². The van der Waals surface area contributed by atoms with Gasteiger partial charge in [-0.25, -0.2) is 18.4 Å². The summed E-state index contributed by atoms with van der Waals surface area (Å²) in [7, 11) is -3.94. The predicted molar refractivity (Wildman–Crippen MR) is 113 cm³/mol. The third-order valence-corrected chi connectivity index (χ3v) is 6.13. The van der Waals surface area contributed by atoms with Crippen LogP contribution in [-0.4, -0.2) is 35.0 Å². The van der Waals surface area contributed by atoms with Crippen LogP contribution >= 0.6 is 11.8 Å². The van der Waals surface area contributed by atoms with Gasteiger partial charge < -0.3 is 15.3 Å². The quantitative estimate of drug-likeness (QED) is 0.425. The van der Waals surface area contributed by atoms with Crippen molar-refractivity contribution < 1.29 is 18.2 Å². The van der Waals surface area contributed by atoms with Crippen molar-refractivity contribution in [1.82, 2.24) is 15.0 Å². The van der Waals surface area contributed by atoms with Crippen LogP contribution in [0, 0.1) is 0 Å². The van der Waals surface area contributed by atoms with Crippen molar-refractivity contribution in [3.63, 3.8) is 0 Å². The average Bonchev–Trinajstić information content (AvgIpc) is 3.16. The summed E-state index contributed by atoms with van der Waals surface area (Å²) in [5.41, 5.74) is 2.41. The van der Waals surface area contributed by atoms with E-state index in [-0.39, 0.29) is 22.5 Å². The normalized spacial score (nSPS) is 11.3. The number of H-pyrrole nitrogens is 2. The third-order valence-electron chi connectivity index (χ3n) is 3.96. The zero-order valence-electron chi connectivity index (χ0n) is 15.4. The molecular formula is C19H16N6O3S2. The second kappa shape index (κ2) is 8.51.